The number of non-ortho nitro benzene ring substituents is 1. The lowest BCUT2D eigenvalue weighted by atomic mass is 9.85. The first-order chi connectivity index (χ1) is 14.2. The van der Waals surface area contributed by atoms with E-state index in [1.165, 1.54) is 6.07 Å². The van der Waals surface area contributed by atoms with Crippen LogP contribution < -0.4 is 10.2 Å². The molecule has 1 heterocycles. The second-order valence-electron chi connectivity index (χ2n) is 9.43. The van der Waals surface area contributed by atoms with E-state index in [0.29, 0.717) is 5.92 Å². The average Bonchev–Trinajstić information content (AvgIpc) is 2.69. The van der Waals surface area contributed by atoms with E-state index in [0.717, 1.165) is 64.1 Å². The maximum Gasteiger partial charge on any atom is 0.407 e. The van der Waals surface area contributed by atoms with E-state index in [2.05, 4.69) is 15.1 Å². The molecule has 2 fully saturated rings. The van der Waals surface area contributed by atoms with Crippen LogP contribution in [0, 0.1) is 16.0 Å². The molecule has 1 aliphatic carbocycles. The molecule has 1 saturated carbocycles. The fourth-order valence-corrected chi connectivity index (χ4v) is 4.32. The number of nitro benzene ring substituents is 1. The topological polar surface area (TPSA) is 88.0 Å². The highest BCUT2D eigenvalue weighted by Crippen LogP contribution is 2.27. The van der Waals surface area contributed by atoms with Gasteiger partial charge in [-0.3, -0.25) is 15.0 Å². The number of nitrogens with one attached hydrogen (secondary N) is 1. The first-order valence-electron chi connectivity index (χ1n) is 10.9. The van der Waals surface area contributed by atoms with Crippen molar-refractivity contribution in [2.45, 2.75) is 58.1 Å². The molecular formula is C22H34N4O4. The summed E-state index contributed by atoms with van der Waals surface area (Å²) in [7, 11) is 0. The number of nitro groups is 1. The van der Waals surface area contributed by atoms with Crippen molar-refractivity contribution in [2.24, 2.45) is 5.92 Å². The number of anilines is 1. The Hall–Kier alpha value is -2.35. The van der Waals surface area contributed by atoms with Gasteiger partial charge < -0.3 is 15.0 Å². The van der Waals surface area contributed by atoms with Crippen molar-refractivity contribution in [3.63, 3.8) is 0 Å². The molecule has 0 aromatic heterocycles. The summed E-state index contributed by atoms with van der Waals surface area (Å²) in [5.74, 6) is 0.658. The van der Waals surface area contributed by atoms with Crippen LogP contribution in [0.15, 0.2) is 24.3 Å². The summed E-state index contributed by atoms with van der Waals surface area (Å²) in [6.07, 6.45) is 3.91. The van der Waals surface area contributed by atoms with Gasteiger partial charge in [-0.15, -0.1) is 0 Å². The molecule has 1 aliphatic heterocycles. The zero-order valence-electron chi connectivity index (χ0n) is 18.3. The molecule has 2 aliphatic rings. The van der Waals surface area contributed by atoms with Gasteiger partial charge in [0.1, 0.15) is 5.60 Å². The summed E-state index contributed by atoms with van der Waals surface area (Å²) in [6.45, 7) is 10.4. The number of hydrogen-bond acceptors (Lipinski definition) is 6. The Labute approximate surface area is 178 Å². The maximum absolute atomic E-state index is 11.9. The quantitative estimate of drug-likeness (QED) is 0.578. The van der Waals surface area contributed by atoms with E-state index in [-0.39, 0.29) is 22.7 Å². The summed E-state index contributed by atoms with van der Waals surface area (Å²) in [6, 6.07) is 7.11. The molecule has 1 N–H and O–H groups in total. The lowest BCUT2D eigenvalue weighted by Gasteiger charge is -2.39. The minimum absolute atomic E-state index is 0.145. The normalized spacial score (nSPS) is 23.1. The Kier molecular flexibility index (Phi) is 7.18. The molecule has 1 amide bonds. The second kappa shape index (κ2) is 9.64. The lowest BCUT2D eigenvalue weighted by Crippen LogP contribution is -2.48. The molecule has 0 atom stereocenters. The van der Waals surface area contributed by atoms with E-state index in [1.54, 1.807) is 12.1 Å². The van der Waals surface area contributed by atoms with Gasteiger partial charge in [-0.25, -0.2) is 4.79 Å². The third-order valence-corrected chi connectivity index (χ3v) is 5.86. The Bertz CT molecular complexity index is 733. The van der Waals surface area contributed by atoms with E-state index in [9.17, 15) is 14.9 Å². The zero-order valence-corrected chi connectivity index (χ0v) is 18.3. The number of carbonyl (C=O) groups is 1. The van der Waals surface area contributed by atoms with Crippen molar-refractivity contribution in [3.8, 4) is 0 Å². The number of hydrogen-bond donors (Lipinski definition) is 1. The number of amides is 1. The largest absolute Gasteiger partial charge is 0.444 e. The summed E-state index contributed by atoms with van der Waals surface area (Å²) in [5.41, 5.74) is 0.609. The number of piperazine rings is 1. The number of benzene rings is 1. The van der Waals surface area contributed by atoms with E-state index in [1.807, 2.05) is 26.8 Å². The smallest absolute Gasteiger partial charge is 0.407 e. The highest BCUT2D eigenvalue weighted by Gasteiger charge is 2.27. The summed E-state index contributed by atoms with van der Waals surface area (Å²) >= 11 is 0. The SMILES string of the molecule is CC(C)(C)OC(=O)NC1CCC(CN2CCN(c3cccc([N+](=O)[O-])c3)CC2)CC1. The van der Waals surface area contributed by atoms with Crippen LogP contribution in [0.1, 0.15) is 46.5 Å². The van der Waals surface area contributed by atoms with Gasteiger partial charge in [0.05, 0.1) is 4.92 Å². The van der Waals surface area contributed by atoms with Crippen LogP contribution >= 0.6 is 0 Å². The molecule has 166 valence electrons. The second-order valence-corrected chi connectivity index (χ2v) is 9.43. The van der Waals surface area contributed by atoms with Crippen LogP contribution in [0.2, 0.25) is 0 Å². The van der Waals surface area contributed by atoms with Crippen LogP contribution in [-0.4, -0.2) is 60.3 Å². The predicted octanol–water partition coefficient (Wildman–Crippen LogP) is 3.80. The molecule has 3 rings (SSSR count). The molecule has 1 aromatic rings. The highest BCUT2D eigenvalue weighted by atomic mass is 16.6. The first kappa shape index (κ1) is 22.3. The van der Waals surface area contributed by atoms with Crippen molar-refractivity contribution in [1.29, 1.82) is 0 Å². The maximum atomic E-state index is 11.9. The molecule has 8 nitrogen and oxygen atoms in total. The van der Waals surface area contributed by atoms with Gasteiger partial charge in [-0.2, -0.15) is 0 Å². The molecule has 0 radical (unpaired) electrons. The zero-order chi connectivity index (χ0) is 21.7. The van der Waals surface area contributed by atoms with Gasteiger partial charge >= 0.3 is 6.09 Å². The lowest BCUT2D eigenvalue weighted by molar-refractivity contribution is -0.384. The molecule has 1 saturated heterocycles. The van der Waals surface area contributed by atoms with Crippen LogP contribution in [0.25, 0.3) is 0 Å². The molecular weight excluding hydrogens is 384 g/mol. The Balaban J connectivity index is 1.38. The van der Waals surface area contributed by atoms with Crippen molar-refractivity contribution < 1.29 is 14.5 Å². The monoisotopic (exact) mass is 418 g/mol. The standard InChI is InChI=1S/C22H34N4O4/c1-22(2,3)30-21(27)23-18-9-7-17(8-10-18)16-24-11-13-25(14-12-24)19-5-4-6-20(15-19)26(28)29/h4-6,15,17-18H,7-14,16H2,1-3H3,(H,23,27). The average molecular weight is 419 g/mol. The highest BCUT2D eigenvalue weighted by molar-refractivity contribution is 5.68. The van der Waals surface area contributed by atoms with Crippen molar-refractivity contribution in [2.75, 3.05) is 37.6 Å². The van der Waals surface area contributed by atoms with Crippen LogP contribution in [0.4, 0.5) is 16.2 Å². The third-order valence-electron chi connectivity index (χ3n) is 5.86. The van der Waals surface area contributed by atoms with Gasteiger partial charge in [0.15, 0.2) is 0 Å². The van der Waals surface area contributed by atoms with Crippen LogP contribution in [0.5, 0.6) is 0 Å². The number of rotatable bonds is 5. The molecule has 0 unspecified atom stereocenters. The third kappa shape index (κ3) is 6.58. The minimum atomic E-state index is -0.464. The van der Waals surface area contributed by atoms with Crippen molar-refractivity contribution in [1.82, 2.24) is 10.2 Å². The Morgan fingerprint density at radius 3 is 2.43 bits per heavy atom. The summed E-state index contributed by atoms with van der Waals surface area (Å²) < 4.78 is 5.36. The molecule has 1 aromatic carbocycles. The van der Waals surface area contributed by atoms with Crippen LogP contribution in [0.3, 0.4) is 0 Å². The number of alkyl carbamates (subject to hydrolysis) is 1. The Morgan fingerprint density at radius 1 is 1.17 bits per heavy atom. The fourth-order valence-electron chi connectivity index (χ4n) is 4.32. The van der Waals surface area contributed by atoms with Crippen molar-refractivity contribution in [3.05, 3.63) is 34.4 Å². The van der Waals surface area contributed by atoms with Crippen molar-refractivity contribution >= 4 is 17.5 Å². The van der Waals surface area contributed by atoms with Gasteiger partial charge in [0, 0.05) is 56.6 Å². The van der Waals surface area contributed by atoms with Gasteiger partial charge in [-0.1, -0.05) is 6.07 Å². The summed E-state index contributed by atoms with van der Waals surface area (Å²) in [4.78, 5) is 27.3. The summed E-state index contributed by atoms with van der Waals surface area (Å²) in [5, 5.41) is 14.0. The predicted molar refractivity (Wildman–Crippen MR) is 117 cm³/mol. The minimum Gasteiger partial charge on any atom is -0.444 e. The molecule has 30 heavy (non-hydrogen) atoms. The number of nitrogens with zero attached hydrogens (tertiary/aromatic N) is 3. The fraction of sp³-hybridized carbons (Fsp3) is 0.682. The molecule has 0 spiro atoms. The van der Waals surface area contributed by atoms with E-state index >= 15 is 0 Å². The molecule has 8 heteroatoms. The van der Waals surface area contributed by atoms with E-state index in [4.69, 9.17) is 4.74 Å². The first-order valence-corrected chi connectivity index (χ1v) is 10.9. The van der Waals surface area contributed by atoms with Gasteiger partial charge in [0.2, 0.25) is 0 Å². The number of ether oxygens (including phenoxy) is 1. The number of carbonyl (C=O) groups excluding carboxylic acids is 1. The Morgan fingerprint density at radius 2 is 1.83 bits per heavy atom. The molecule has 0 bridgehead atoms. The van der Waals surface area contributed by atoms with Gasteiger partial charge in [0.25, 0.3) is 5.69 Å². The van der Waals surface area contributed by atoms with E-state index < -0.39 is 5.60 Å². The van der Waals surface area contributed by atoms with Gasteiger partial charge in [-0.05, 0) is 58.4 Å². The van der Waals surface area contributed by atoms with Crippen LogP contribution in [-0.2, 0) is 4.74 Å².